The average Bonchev–Trinajstić information content (AvgIpc) is 2.61. The molecule has 1 aliphatic heterocycles. The molecule has 1 saturated heterocycles. The lowest BCUT2D eigenvalue weighted by molar-refractivity contribution is -0.114. The van der Waals surface area contributed by atoms with Crippen LogP contribution in [-0.2, 0) is 4.79 Å². The summed E-state index contributed by atoms with van der Waals surface area (Å²) in [5.41, 5.74) is 1.83. The van der Waals surface area contributed by atoms with Gasteiger partial charge in [0.2, 0.25) is 0 Å². The van der Waals surface area contributed by atoms with Crippen LogP contribution >= 0.6 is 15.9 Å². The van der Waals surface area contributed by atoms with Gasteiger partial charge in [-0.05, 0) is 30.7 Å². The highest BCUT2D eigenvalue weighted by Crippen LogP contribution is 2.26. The third-order valence-corrected chi connectivity index (χ3v) is 3.21. The van der Waals surface area contributed by atoms with Crippen molar-refractivity contribution in [1.29, 1.82) is 0 Å². The van der Waals surface area contributed by atoms with Crippen LogP contribution in [0, 0.1) is 0 Å². The monoisotopic (exact) mass is 294 g/mol. The zero-order valence-corrected chi connectivity index (χ0v) is 11.6. The molecular weight excluding hydrogens is 280 g/mol. The minimum Gasteiger partial charge on any atom is -0.383 e. The lowest BCUT2D eigenvalue weighted by Gasteiger charge is -2.15. The fraction of sp³-hybridized carbons (Fsp3) is 0.308. The number of rotatable bonds is 2. The van der Waals surface area contributed by atoms with Gasteiger partial charge in [0, 0.05) is 42.6 Å². The summed E-state index contributed by atoms with van der Waals surface area (Å²) in [7, 11) is 3.87. The molecule has 0 bridgehead atoms. The molecule has 1 aliphatic rings. The summed E-state index contributed by atoms with van der Waals surface area (Å²) in [5, 5.41) is 0. The molecule has 1 heterocycles. The Morgan fingerprint density at radius 2 is 1.94 bits per heavy atom. The standard InChI is InChI=1S/C13H15BrN2O/c1-15(2)9-10-7-8-16(13(10)17)12-5-3-11(14)4-6-12/h3-6,9H,7-8H2,1-2H3. The minimum absolute atomic E-state index is 0.112. The molecule has 1 amide bonds. The van der Waals surface area contributed by atoms with Crippen molar-refractivity contribution < 1.29 is 4.79 Å². The lowest BCUT2D eigenvalue weighted by Crippen LogP contribution is -2.24. The molecule has 0 aromatic heterocycles. The molecule has 0 radical (unpaired) electrons. The quantitative estimate of drug-likeness (QED) is 0.783. The molecule has 1 aromatic rings. The number of halogens is 1. The Morgan fingerprint density at radius 1 is 1.29 bits per heavy atom. The van der Waals surface area contributed by atoms with E-state index >= 15 is 0 Å². The molecule has 4 heteroatoms. The summed E-state index contributed by atoms with van der Waals surface area (Å²) in [5.74, 6) is 0.112. The van der Waals surface area contributed by atoms with Crippen molar-refractivity contribution >= 4 is 27.5 Å². The lowest BCUT2D eigenvalue weighted by atomic mass is 10.2. The summed E-state index contributed by atoms with van der Waals surface area (Å²) >= 11 is 3.39. The summed E-state index contributed by atoms with van der Waals surface area (Å²) in [4.78, 5) is 15.9. The number of anilines is 1. The summed E-state index contributed by atoms with van der Waals surface area (Å²) < 4.78 is 1.02. The van der Waals surface area contributed by atoms with E-state index in [1.54, 1.807) is 0 Å². The first-order valence-corrected chi connectivity index (χ1v) is 6.32. The van der Waals surface area contributed by atoms with Gasteiger partial charge in [0.15, 0.2) is 0 Å². The first-order chi connectivity index (χ1) is 8.08. The predicted octanol–water partition coefficient (Wildman–Crippen LogP) is 2.63. The van der Waals surface area contributed by atoms with E-state index in [-0.39, 0.29) is 5.91 Å². The fourth-order valence-electron chi connectivity index (χ4n) is 1.91. The van der Waals surface area contributed by atoms with Crippen molar-refractivity contribution in [2.45, 2.75) is 6.42 Å². The second-order valence-corrected chi connectivity index (χ2v) is 5.22. The van der Waals surface area contributed by atoms with Crippen LogP contribution < -0.4 is 4.90 Å². The van der Waals surface area contributed by atoms with Crippen molar-refractivity contribution in [1.82, 2.24) is 4.90 Å². The number of carbonyl (C=O) groups is 1. The highest BCUT2D eigenvalue weighted by Gasteiger charge is 2.27. The van der Waals surface area contributed by atoms with Gasteiger partial charge in [-0.3, -0.25) is 4.79 Å². The summed E-state index contributed by atoms with van der Waals surface area (Å²) in [6.07, 6.45) is 2.72. The Bertz CT molecular complexity index is 451. The Labute approximate surface area is 110 Å². The maximum absolute atomic E-state index is 12.1. The summed E-state index contributed by atoms with van der Waals surface area (Å²) in [6.45, 7) is 0.764. The average molecular weight is 295 g/mol. The van der Waals surface area contributed by atoms with Gasteiger partial charge in [0.1, 0.15) is 0 Å². The molecule has 0 saturated carbocycles. The molecule has 90 valence electrons. The van der Waals surface area contributed by atoms with Gasteiger partial charge < -0.3 is 9.80 Å². The number of hydrogen-bond acceptors (Lipinski definition) is 2. The Kier molecular flexibility index (Phi) is 3.52. The van der Waals surface area contributed by atoms with Crippen molar-refractivity contribution in [2.24, 2.45) is 0 Å². The van der Waals surface area contributed by atoms with Crippen LogP contribution in [0.2, 0.25) is 0 Å². The van der Waals surface area contributed by atoms with Gasteiger partial charge in [-0.2, -0.15) is 0 Å². The molecule has 1 aromatic carbocycles. The highest BCUT2D eigenvalue weighted by molar-refractivity contribution is 9.10. The smallest absolute Gasteiger partial charge is 0.255 e. The maximum atomic E-state index is 12.1. The third-order valence-electron chi connectivity index (χ3n) is 2.68. The van der Waals surface area contributed by atoms with Crippen molar-refractivity contribution in [3.8, 4) is 0 Å². The van der Waals surface area contributed by atoms with Gasteiger partial charge in [0.25, 0.3) is 5.91 Å². The molecule has 1 fully saturated rings. The van der Waals surface area contributed by atoms with E-state index in [0.29, 0.717) is 0 Å². The van der Waals surface area contributed by atoms with Crippen LogP contribution in [0.25, 0.3) is 0 Å². The minimum atomic E-state index is 0.112. The third kappa shape index (κ3) is 2.69. The maximum Gasteiger partial charge on any atom is 0.255 e. The molecular formula is C13H15BrN2O. The zero-order chi connectivity index (χ0) is 12.4. The second-order valence-electron chi connectivity index (χ2n) is 4.30. The molecule has 3 nitrogen and oxygen atoms in total. The van der Waals surface area contributed by atoms with Crippen LogP contribution in [0.1, 0.15) is 6.42 Å². The van der Waals surface area contributed by atoms with Gasteiger partial charge in [0.05, 0.1) is 0 Å². The molecule has 0 N–H and O–H groups in total. The van der Waals surface area contributed by atoms with Crippen LogP contribution in [0.4, 0.5) is 5.69 Å². The highest BCUT2D eigenvalue weighted by atomic mass is 79.9. The number of nitrogens with zero attached hydrogens (tertiary/aromatic N) is 2. The first-order valence-electron chi connectivity index (χ1n) is 5.52. The molecule has 2 rings (SSSR count). The Hall–Kier alpha value is -1.29. The fourth-order valence-corrected chi connectivity index (χ4v) is 2.18. The van der Waals surface area contributed by atoms with E-state index in [1.807, 2.05) is 54.4 Å². The number of hydrogen-bond donors (Lipinski definition) is 0. The van der Waals surface area contributed by atoms with Crippen molar-refractivity contribution in [3.63, 3.8) is 0 Å². The largest absolute Gasteiger partial charge is 0.383 e. The van der Waals surface area contributed by atoms with E-state index in [1.165, 1.54) is 0 Å². The normalized spacial score (nSPS) is 17.9. The van der Waals surface area contributed by atoms with E-state index in [2.05, 4.69) is 15.9 Å². The van der Waals surface area contributed by atoms with Crippen molar-refractivity contribution in [3.05, 3.63) is 40.5 Å². The van der Waals surface area contributed by atoms with E-state index in [4.69, 9.17) is 0 Å². The van der Waals surface area contributed by atoms with Gasteiger partial charge in [-0.15, -0.1) is 0 Å². The molecule has 17 heavy (non-hydrogen) atoms. The molecule has 0 spiro atoms. The number of carbonyl (C=O) groups excluding carboxylic acids is 1. The number of amides is 1. The Balaban J connectivity index is 2.20. The molecule has 0 atom stereocenters. The van der Waals surface area contributed by atoms with Gasteiger partial charge in [-0.1, -0.05) is 15.9 Å². The van der Waals surface area contributed by atoms with E-state index in [9.17, 15) is 4.79 Å². The predicted molar refractivity (Wildman–Crippen MR) is 72.9 cm³/mol. The van der Waals surface area contributed by atoms with Crippen LogP contribution in [-0.4, -0.2) is 31.4 Å². The van der Waals surface area contributed by atoms with Crippen LogP contribution in [0.15, 0.2) is 40.5 Å². The topological polar surface area (TPSA) is 23.6 Å². The van der Waals surface area contributed by atoms with Crippen molar-refractivity contribution in [2.75, 3.05) is 25.5 Å². The Morgan fingerprint density at radius 3 is 2.53 bits per heavy atom. The van der Waals surface area contributed by atoms with Gasteiger partial charge >= 0.3 is 0 Å². The SMILES string of the molecule is CN(C)C=C1CCN(c2ccc(Br)cc2)C1=O. The number of benzene rings is 1. The first kappa shape index (κ1) is 12.2. The summed E-state index contributed by atoms with van der Waals surface area (Å²) in [6, 6.07) is 7.83. The zero-order valence-electron chi connectivity index (χ0n) is 9.98. The van der Waals surface area contributed by atoms with Crippen LogP contribution in [0.3, 0.4) is 0 Å². The molecule has 0 unspecified atom stereocenters. The van der Waals surface area contributed by atoms with E-state index < -0.39 is 0 Å². The van der Waals surface area contributed by atoms with Crippen LogP contribution in [0.5, 0.6) is 0 Å². The van der Waals surface area contributed by atoms with Gasteiger partial charge in [-0.25, -0.2) is 0 Å². The molecule has 0 aliphatic carbocycles. The second kappa shape index (κ2) is 4.92. The van der Waals surface area contributed by atoms with E-state index in [0.717, 1.165) is 28.7 Å².